The molecular weight excluding hydrogens is 238 g/mol. The highest BCUT2D eigenvalue weighted by molar-refractivity contribution is 5.83. The predicted octanol–water partition coefficient (Wildman–Crippen LogP) is 2.16. The number of fused-ring (bicyclic) bond motifs is 1. The first kappa shape index (κ1) is 11.5. The van der Waals surface area contributed by atoms with Crippen molar-refractivity contribution in [2.45, 2.75) is 6.54 Å². The van der Waals surface area contributed by atoms with E-state index in [1.54, 1.807) is 6.20 Å². The Morgan fingerprint density at radius 2 is 2.16 bits per heavy atom. The zero-order chi connectivity index (χ0) is 13.2. The van der Waals surface area contributed by atoms with Gasteiger partial charge in [0, 0.05) is 30.5 Å². The first-order valence-electron chi connectivity index (χ1n) is 6.09. The fourth-order valence-electron chi connectivity index (χ4n) is 1.98. The molecule has 19 heavy (non-hydrogen) atoms. The van der Waals surface area contributed by atoms with Crippen LogP contribution in [-0.2, 0) is 13.6 Å². The lowest BCUT2D eigenvalue weighted by Gasteiger charge is -2.07. The summed E-state index contributed by atoms with van der Waals surface area (Å²) in [5, 5.41) is 4.31. The van der Waals surface area contributed by atoms with Gasteiger partial charge in [0.2, 0.25) is 0 Å². The van der Waals surface area contributed by atoms with Crippen molar-refractivity contribution >= 4 is 22.4 Å². The van der Waals surface area contributed by atoms with E-state index in [1.165, 1.54) is 0 Å². The van der Waals surface area contributed by atoms with Crippen LogP contribution in [0, 0.1) is 0 Å². The molecule has 0 saturated heterocycles. The number of anilines is 2. The number of nitrogens with one attached hydrogen (secondary N) is 1. The summed E-state index contributed by atoms with van der Waals surface area (Å²) in [6.45, 7) is 0.650. The molecule has 0 saturated carbocycles. The van der Waals surface area contributed by atoms with E-state index >= 15 is 0 Å². The summed E-state index contributed by atoms with van der Waals surface area (Å²) in [6.07, 6.45) is 3.71. The zero-order valence-corrected chi connectivity index (χ0v) is 10.7. The van der Waals surface area contributed by atoms with E-state index < -0.39 is 0 Å². The van der Waals surface area contributed by atoms with Crippen LogP contribution in [0.2, 0.25) is 0 Å². The Hall–Kier alpha value is -2.56. The molecule has 5 nitrogen and oxygen atoms in total. The number of aryl methyl sites for hydroxylation is 1. The fraction of sp³-hybridized carbons (Fsp3) is 0.143. The van der Waals surface area contributed by atoms with Gasteiger partial charge in [-0.3, -0.25) is 0 Å². The number of benzene rings is 1. The molecule has 0 unspecified atom stereocenters. The molecule has 0 fully saturated rings. The highest BCUT2D eigenvalue weighted by atomic mass is 15.1. The number of nitrogen functional groups attached to an aromatic ring is 1. The average molecular weight is 253 g/mol. The first-order chi connectivity index (χ1) is 9.22. The molecule has 2 aromatic heterocycles. The van der Waals surface area contributed by atoms with Crippen molar-refractivity contribution in [2.75, 3.05) is 11.1 Å². The first-order valence-corrected chi connectivity index (χ1v) is 6.09. The van der Waals surface area contributed by atoms with Crippen LogP contribution in [-0.4, -0.2) is 14.5 Å². The largest absolute Gasteiger partial charge is 0.399 e. The third kappa shape index (κ3) is 2.35. The molecule has 0 aliphatic heterocycles. The molecule has 1 aromatic carbocycles. The van der Waals surface area contributed by atoms with Gasteiger partial charge >= 0.3 is 0 Å². The van der Waals surface area contributed by atoms with Crippen LogP contribution in [0.4, 0.5) is 11.5 Å². The van der Waals surface area contributed by atoms with Gasteiger partial charge in [0.25, 0.3) is 0 Å². The van der Waals surface area contributed by atoms with E-state index in [9.17, 15) is 0 Å². The molecule has 0 radical (unpaired) electrons. The van der Waals surface area contributed by atoms with Gasteiger partial charge in [-0.25, -0.2) is 9.97 Å². The highest BCUT2D eigenvalue weighted by Crippen LogP contribution is 2.18. The van der Waals surface area contributed by atoms with E-state index in [4.69, 9.17) is 5.73 Å². The van der Waals surface area contributed by atoms with E-state index in [-0.39, 0.29) is 0 Å². The second-order valence-corrected chi connectivity index (χ2v) is 4.46. The fourth-order valence-corrected chi connectivity index (χ4v) is 1.98. The Morgan fingerprint density at radius 1 is 1.26 bits per heavy atom. The molecular formula is C14H15N5. The maximum atomic E-state index is 5.75. The summed E-state index contributed by atoms with van der Waals surface area (Å²) in [5.41, 5.74) is 7.43. The van der Waals surface area contributed by atoms with Crippen LogP contribution in [0.1, 0.15) is 5.82 Å². The molecule has 0 spiro atoms. The van der Waals surface area contributed by atoms with Crippen LogP contribution >= 0.6 is 0 Å². The van der Waals surface area contributed by atoms with Crippen molar-refractivity contribution in [3.8, 4) is 0 Å². The van der Waals surface area contributed by atoms with E-state index in [0.29, 0.717) is 6.54 Å². The quantitative estimate of drug-likeness (QED) is 0.702. The van der Waals surface area contributed by atoms with Gasteiger partial charge < -0.3 is 15.6 Å². The van der Waals surface area contributed by atoms with Gasteiger partial charge in [-0.2, -0.15) is 0 Å². The number of hydrogen-bond acceptors (Lipinski definition) is 4. The van der Waals surface area contributed by atoms with Crippen molar-refractivity contribution < 1.29 is 0 Å². The van der Waals surface area contributed by atoms with E-state index in [2.05, 4.69) is 15.3 Å². The van der Waals surface area contributed by atoms with E-state index in [1.807, 2.05) is 48.1 Å². The van der Waals surface area contributed by atoms with Crippen LogP contribution in [0.5, 0.6) is 0 Å². The number of hydrogen-bond donors (Lipinski definition) is 2. The molecule has 0 atom stereocenters. The Bertz CT molecular complexity index is 717. The summed E-state index contributed by atoms with van der Waals surface area (Å²) in [7, 11) is 1.97. The standard InChI is InChI=1S/C14H15N5/c1-19-7-6-16-14(19)9-17-13-5-2-10-8-11(15)3-4-12(10)18-13/h2-8H,9,15H2,1H3,(H,17,18). The van der Waals surface area contributed by atoms with Gasteiger partial charge in [-0.1, -0.05) is 0 Å². The second-order valence-electron chi connectivity index (χ2n) is 4.46. The molecule has 3 aromatic rings. The van der Waals surface area contributed by atoms with Crippen molar-refractivity contribution in [2.24, 2.45) is 7.05 Å². The maximum absolute atomic E-state index is 5.75. The summed E-state index contributed by atoms with van der Waals surface area (Å²) in [5.74, 6) is 1.81. The van der Waals surface area contributed by atoms with Crippen molar-refractivity contribution in [3.05, 3.63) is 48.5 Å². The molecule has 96 valence electrons. The average Bonchev–Trinajstić information content (AvgIpc) is 2.82. The van der Waals surface area contributed by atoms with Crippen LogP contribution in [0.15, 0.2) is 42.7 Å². The molecule has 0 amide bonds. The van der Waals surface area contributed by atoms with Crippen LogP contribution in [0.25, 0.3) is 10.9 Å². The predicted molar refractivity (Wildman–Crippen MR) is 76.7 cm³/mol. The van der Waals surface area contributed by atoms with Gasteiger partial charge in [0.1, 0.15) is 11.6 Å². The third-order valence-electron chi connectivity index (χ3n) is 3.06. The van der Waals surface area contributed by atoms with Crippen molar-refractivity contribution in [3.63, 3.8) is 0 Å². The molecule has 0 aliphatic rings. The van der Waals surface area contributed by atoms with Crippen molar-refractivity contribution in [1.82, 2.24) is 14.5 Å². The Morgan fingerprint density at radius 3 is 2.95 bits per heavy atom. The minimum Gasteiger partial charge on any atom is -0.399 e. The van der Waals surface area contributed by atoms with Crippen molar-refractivity contribution in [1.29, 1.82) is 0 Å². The van der Waals surface area contributed by atoms with Crippen LogP contribution < -0.4 is 11.1 Å². The summed E-state index contributed by atoms with van der Waals surface area (Å²) in [4.78, 5) is 8.80. The highest BCUT2D eigenvalue weighted by Gasteiger charge is 2.01. The number of aromatic nitrogens is 3. The Balaban J connectivity index is 1.82. The van der Waals surface area contributed by atoms with Gasteiger partial charge in [-0.05, 0) is 30.3 Å². The summed E-state index contributed by atoms with van der Waals surface area (Å²) < 4.78 is 1.98. The lowest BCUT2D eigenvalue weighted by Crippen LogP contribution is -2.06. The monoisotopic (exact) mass is 253 g/mol. The van der Waals surface area contributed by atoms with E-state index in [0.717, 1.165) is 28.2 Å². The number of rotatable bonds is 3. The topological polar surface area (TPSA) is 68.8 Å². The maximum Gasteiger partial charge on any atom is 0.127 e. The van der Waals surface area contributed by atoms with Crippen LogP contribution in [0.3, 0.4) is 0 Å². The minimum atomic E-state index is 0.650. The molecule has 0 bridgehead atoms. The normalized spacial score (nSPS) is 10.8. The molecule has 3 rings (SSSR count). The summed E-state index contributed by atoms with van der Waals surface area (Å²) in [6, 6.07) is 9.67. The Labute approximate surface area is 111 Å². The molecule has 5 heteroatoms. The smallest absolute Gasteiger partial charge is 0.127 e. The zero-order valence-electron chi connectivity index (χ0n) is 10.7. The number of imidazole rings is 1. The number of nitrogens with zero attached hydrogens (tertiary/aromatic N) is 3. The number of nitrogens with two attached hydrogens (primary N) is 1. The third-order valence-corrected chi connectivity index (χ3v) is 3.06. The SMILES string of the molecule is Cn1ccnc1CNc1ccc2cc(N)ccc2n1. The lowest BCUT2D eigenvalue weighted by atomic mass is 10.2. The summed E-state index contributed by atoms with van der Waals surface area (Å²) >= 11 is 0. The second kappa shape index (κ2) is 4.61. The minimum absolute atomic E-state index is 0.650. The molecule has 2 heterocycles. The van der Waals surface area contributed by atoms with Gasteiger partial charge in [0.15, 0.2) is 0 Å². The van der Waals surface area contributed by atoms with Gasteiger partial charge in [-0.15, -0.1) is 0 Å². The number of pyridine rings is 1. The lowest BCUT2D eigenvalue weighted by molar-refractivity contribution is 0.811. The Kier molecular flexibility index (Phi) is 2.79. The molecule has 3 N–H and O–H groups in total. The molecule has 0 aliphatic carbocycles. The van der Waals surface area contributed by atoms with Gasteiger partial charge in [0.05, 0.1) is 12.1 Å².